The van der Waals surface area contributed by atoms with E-state index in [0.717, 1.165) is 29.5 Å². The van der Waals surface area contributed by atoms with Crippen molar-refractivity contribution in [1.29, 1.82) is 0 Å². The van der Waals surface area contributed by atoms with Crippen molar-refractivity contribution in [3.05, 3.63) is 101 Å². The van der Waals surface area contributed by atoms with Crippen molar-refractivity contribution in [2.75, 3.05) is 6.54 Å². The molecular formula is C33H33N3O6. The second-order valence-electron chi connectivity index (χ2n) is 10.2. The maximum atomic E-state index is 13.5. The van der Waals surface area contributed by atoms with E-state index in [4.69, 9.17) is 5.11 Å². The van der Waals surface area contributed by atoms with Gasteiger partial charge in [0.15, 0.2) is 0 Å². The Balaban J connectivity index is 1.49. The molecule has 0 spiro atoms. The number of benzene rings is 3. The summed E-state index contributed by atoms with van der Waals surface area (Å²) in [5, 5.41) is 14.4. The highest BCUT2D eigenvalue weighted by Crippen LogP contribution is 2.21. The normalized spacial score (nSPS) is 15.5. The Kier molecular flexibility index (Phi) is 9.99. The van der Waals surface area contributed by atoms with Gasteiger partial charge in [-0.15, -0.1) is 0 Å². The fourth-order valence-electron chi connectivity index (χ4n) is 4.94. The zero-order valence-electron chi connectivity index (χ0n) is 23.3. The van der Waals surface area contributed by atoms with Gasteiger partial charge in [-0.3, -0.25) is 24.0 Å². The monoisotopic (exact) mass is 567 g/mol. The van der Waals surface area contributed by atoms with Crippen molar-refractivity contribution in [3.8, 4) is 11.1 Å². The van der Waals surface area contributed by atoms with Crippen LogP contribution in [0.2, 0.25) is 0 Å². The van der Waals surface area contributed by atoms with Gasteiger partial charge in [-0.25, -0.2) is 0 Å². The molecule has 0 saturated carbocycles. The number of carbonyl (C=O) groups is 5. The third-order valence-corrected chi connectivity index (χ3v) is 7.03. The van der Waals surface area contributed by atoms with E-state index in [0.29, 0.717) is 36.9 Å². The van der Waals surface area contributed by atoms with E-state index in [-0.39, 0.29) is 23.6 Å². The number of hydrogen-bond donors (Lipinski definition) is 3. The molecule has 0 aromatic heterocycles. The summed E-state index contributed by atoms with van der Waals surface area (Å²) in [6, 6.07) is 21.8. The van der Waals surface area contributed by atoms with Gasteiger partial charge >= 0.3 is 5.97 Å². The summed E-state index contributed by atoms with van der Waals surface area (Å²) in [6.45, 7) is 2.23. The van der Waals surface area contributed by atoms with Crippen molar-refractivity contribution in [2.45, 2.75) is 45.2 Å². The Labute approximate surface area is 244 Å². The van der Waals surface area contributed by atoms with Gasteiger partial charge in [-0.2, -0.15) is 0 Å². The van der Waals surface area contributed by atoms with E-state index in [1.165, 1.54) is 25.1 Å². The number of carboxylic acids is 1. The second kappa shape index (κ2) is 14.0. The first-order valence-corrected chi connectivity index (χ1v) is 13.8. The van der Waals surface area contributed by atoms with Crippen LogP contribution in [0.25, 0.3) is 17.2 Å². The Morgan fingerprint density at radius 3 is 2.36 bits per heavy atom. The quantitative estimate of drug-likeness (QED) is 0.251. The Morgan fingerprint density at radius 1 is 0.976 bits per heavy atom. The van der Waals surface area contributed by atoms with Crippen LogP contribution >= 0.6 is 0 Å². The number of carboxylic acid groups (broad SMARTS) is 1. The van der Waals surface area contributed by atoms with E-state index in [1.54, 1.807) is 11.0 Å². The first-order valence-electron chi connectivity index (χ1n) is 13.8. The SMILES string of the molecule is CC(=O)NC(=Cc1ccc(CC(=O)O)c(C=O)c1)C(=O)N[C@H]1CCCCN(Cc2ccc(-c3ccccc3)cc2)C1=O. The predicted octanol–water partition coefficient (Wildman–Crippen LogP) is 3.97. The maximum absolute atomic E-state index is 13.5. The van der Waals surface area contributed by atoms with E-state index in [9.17, 15) is 24.0 Å². The number of hydrogen-bond acceptors (Lipinski definition) is 5. The summed E-state index contributed by atoms with van der Waals surface area (Å²) in [7, 11) is 0. The summed E-state index contributed by atoms with van der Waals surface area (Å²) in [6.07, 6.45) is 3.61. The molecule has 0 unspecified atom stereocenters. The summed E-state index contributed by atoms with van der Waals surface area (Å²) in [5.41, 5.74) is 3.99. The lowest BCUT2D eigenvalue weighted by Crippen LogP contribution is -2.48. The van der Waals surface area contributed by atoms with Crippen LogP contribution in [0.1, 0.15) is 53.2 Å². The molecule has 9 heteroatoms. The lowest BCUT2D eigenvalue weighted by molar-refractivity contribution is -0.136. The fraction of sp³-hybridized carbons (Fsp3) is 0.242. The number of carbonyl (C=O) groups excluding carboxylic acids is 4. The zero-order valence-corrected chi connectivity index (χ0v) is 23.3. The number of rotatable bonds is 10. The zero-order chi connectivity index (χ0) is 30.1. The minimum atomic E-state index is -1.08. The third-order valence-electron chi connectivity index (χ3n) is 7.03. The molecule has 42 heavy (non-hydrogen) atoms. The van der Waals surface area contributed by atoms with Crippen LogP contribution in [0, 0.1) is 0 Å². The van der Waals surface area contributed by atoms with Gasteiger partial charge < -0.3 is 20.6 Å². The fourth-order valence-corrected chi connectivity index (χ4v) is 4.94. The molecule has 9 nitrogen and oxygen atoms in total. The van der Waals surface area contributed by atoms with E-state index in [2.05, 4.69) is 10.6 Å². The molecule has 1 saturated heterocycles. The summed E-state index contributed by atoms with van der Waals surface area (Å²) in [5.74, 6) is -2.40. The van der Waals surface area contributed by atoms with E-state index in [1.807, 2.05) is 54.6 Å². The first kappa shape index (κ1) is 29.9. The lowest BCUT2D eigenvalue weighted by Gasteiger charge is -2.25. The third kappa shape index (κ3) is 8.00. The van der Waals surface area contributed by atoms with Gasteiger partial charge in [0.2, 0.25) is 11.8 Å². The second-order valence-corrected chi connectivity index (χ2v) is 10.2. The van der Waals surface area contributed by atoms with Gasteiger partial charge in [0, 0.05) is 25.6 Å². The Hall–Kier alpha value is -5.05. The van der Waals surface area contributed by atoms with Gasteiger partial charge in [0.1, 0.15) is 18.0 Å². The highest BCUT2D eigenvalue weighted by molar-refractivity contribution is 6.03. The number of nitrogens with one attached hydrogen (secondary N) is 2. The van der Waals surface area contributed by atoms with Crippen molar-refractivity contribution < 1.29 is 29.1 Å². The largest absolute Gasteiger partial charge is 0.481 e. The Morgan fingerprint density at radius 2 is 1.69 bits per heavy atom. The van der Waals surface area contributed by atoms with Crippen molar-refractivity contribution >= 4 is 36.1 Å². The number of aldehydes is 1. The smallest absolute Gasteiger partial charge is 0.307 e. The van der Waals surface area contributed by atoms with Crippen molar-refractivity contribution in [1.82, 2.24) is 15.5 Å². The molecular weight excluding hydrogens is 534 g/mol. The Bertz CT molecular complexity index is 1500. The van der Waals surface area contributed by atoms with E-state index < -0.39 is 23.8 Å². The molecule has 3 aromatic rings. The summed E-state index contributed by atoms with van der Waals surface area (Å²) >= 11 is 0. The molecule has 3 N–H and O–H groups in total. The topological polar surface area (TPSA) is 133 Å². The molecule has 216 valence electrons. The minimum absolute atomic E-state index is 0.0922. The summed E-state index contributed by atoms with van der Waals surface area (Å²) in [4.78, 5) is 63.1. The van der Waals surface area contributed by atoms with Crippen molar-refractivity contribution in [2.24, 2.45) is 0 Å². The average molecular weight is 568 g/mol. The minimum Gasteiger partial charge on any atom is -0.481 e. The van der Waals surface area contributed by atoms with Crippen molar-refractivity contribution in [3.63, 3.8) is 0 Å². The maximum Gasteiger partial charge on any atom is 0.307 e. The van der Waals surface area contributed by atoms with Gasteiger partial charge in [-0.05, 0) is 59.2 Å². The molecule has 0 bridgehead atoms. The standard InChI is InChI=1S/C33H33N3O6/c1-22(38)34-30(18-24-12-15-27(19-31(39)40)28(17-24)21-37)32(41)35-29-9-5-6-16-36(33(29)42)20-23-10-13-26(14-11-23)25-7-3-2-4-8-25/h2-4,7-8,10-15,17-18,21,29H,5-6,9,16,19-20H2,1H3,(H,34,38)(H,35,41)(H,39,40)/t29-/m0/s1. The molecule has 1 atom stereocenters. The van der Waals surface area contributed by atoms with Gasteiger partial charge in [0.05, 0.1) is 6.42 Å². The van der Waals surface area contributed by atoms with Crippen LogP contribution in [-0.2, 0) is 32.1 Å². The molecule has 1 fully saturated rings. The number of likely N-dealkylation sites (tertiary alicyclic amines) is 1. The summed E-state index contributed by atoms with van der Waals surface area (Å²) < 4.78 is 0. The van der Waals surface area contributed by atoms with Crippen LogP contribution in [0.15, 0.2) is 78.5 Å². The average Bonchev–Trinajstić information content (AvgIpc) is 3.14. The molecule has 1 aliphatic rings. The van der Waals surface area contributed by atoms with Gasteiger partial charge in [-0.1, -0.05) is 66.7 Å². The molecule has 3 amide bonds. The molecule has 1 aliphatic heterocycles. The van der Waals surface area contributed by atoms with Crippen LogP contribution in [-0.4, -0.2) is 52.6 Å². The number of aliphatic carboxylic acids is 1. The lowest BCUT2D eigenvalue weighted by atomic mass is 10.0. The molecule has 1 heterocycles. The molecule has 0 radical (unpaired) electrons. The van der Waals surface area contributed by atoms with Crippen LogP contribution < -0.4 is 10.6 Å². The van der Waals surface area contributed by atoms with Gasteiger partial charge in [0.25, 0.3) is 5.91 Å². The van der Waals surface area contributed by atoms with Crippen LogP contribution in [0.3, 0.4) is 0 Å². The number of nitrogens with zero attached hydrogens (tertiary/aromatic N) is 1. The van der Waals surface area contributed by atoms with E-state index >= 15 is 0 Å². The highest BCUT2D eigenvalue weighted by Gasteiger charge is 2.29. The molecule has 0 aliphatic carbocycles. The predicted molar refractivity (Wildman–Crippen MR) is 158 cm³/mol. The number of amides is 3. The van der Waals surface area contributed by atoms with Crippen LogP contribution in [0.5, 0.6) is 0 Å². The van der Waals surface area contributed by atoms with Crippen LogP contribution in [0.4, 0.5) is 0 Å². The highest BCUT2D eigenvalue weighted by atomic mass is 16.4. The molecule has 4 rings (SSSR count). The first-order chi connectivity index (χ1) is 20.2. The molecule has 3 aromatic carbocycles.